The molecule has 1 N–H and O–H groups in total. The number of carbonyl (C=O) groups excluding carboxylic acids is 2. The smallest absolute Gasteiger partial charge is 0.269 e. The van der Waals surface area contributed by atoms with Crippen molar-refractivity contribution in [1.82, 2.24) is 4.90 Å². The number of hydrogen-bond acceptors (Lipinski definition) is 5. The van der Waals surface area contributed by atoms with Gasteiger partial charge in [-0.05, 0) is 38.6 Å². The highest BCUT2D eigenvalue weighted by Gasteiger charge is 2.30. The SMILES string of the molecule is C[C@H](c1cccc([N+](=O)[O-])c1)N(C)CC(=O)N1c2ccccc2NC(=O)C[C@H]1C. The van der Waals surface area contributed by atoms with Gasteiger partial charge < -0.3 is 10.2 Å². The summed E-state index contributed by atoms with van der Waals surface area (Å²) in [5.41, 5.74) is 2.07. The molecule has 1 aliphatic heterocycles. The standard InChI is InChI=1S/C21H24N4O4/c1-14-11-20(26)22-18-9-4-5-10-19(18)24(14)21(27)13-23(3)15(2)16-7-6-8-17(12-16)25(28)29/h4-10,12,14-15H,11,13H2,1-3H3,(H,22,26)/t14-,15-/m1/s1. The van der Waals surface area contributed by atoms with Crippen molar-refractivity contribution < 1.29 is 14.5 Å². The highest BCUT2D eigenvalue weighted by molar-refractivity contribution is 6.04. The van der Waals surface area contributed by atoms with Crippen LogP contribution in [-0.4, -0.2) is 41.3 Å². The fourth-order valence-corrected chi connectivity index (χ4v) is 3.55. The molecule has 0 aliphatic carbocycles. The number of rotatable bonds is 5. The molecule has 8 heteroatoms. The van der Waals surface area contributed by atoms with Gasteiger partial charge in [0.1, 0.15) is 0 Å². The monoisotopic (exact) mass is 396 g/mol. The summed E-state index contributed by atoms with van der Waals surface area (Å²) in [5.74, 6) is -0.264. The number of anilines is 2. The Morgan fingerprint density at radius 1 is 1.31 bits per heavy atom. The highest BCUT2D eigenvalue weighted by atomic mass is 16.6. The molecule has 152 valence electrons. The molecular weight excluding hydrogens is 372 g/mol. The van der Waals surface area contributed by atoms with E-state index in [1.54, 1.807) is 24.1 Å². The number of benzene rings is 2. The third kappa shape index (κ3) is 4.43. The van der Waals surface area contributed by atoms with E-state index < -0.39 is 4.92 Å². The minimum atomic E-state index is -0.429. The molecule has 0 fully saturated rings. The van der Waals surface area contributed by atoms with Crippen molar-refractivity contribution >= 4 is 28.9 Å². The lowest BCUT2D eigenvalue weighted by atomic mass is 10.1. The van der Waals surface area contributed by atoms with Crippen molar-refractivity contribution in [2.75, 3.05) is 23.8 Å². The minimum Gasteiger partial charge on any atom is -0.324 e. The van der Waals surface area contributed by atoms with Crippen LogP contribution in [-0.2, 0) is 9.59 Å². The van der Waals surface area contributed by atoms with Crippen LogP contribution in [0.4, 0.5) is 17.1 Å². The molecule has 8 nitrogen and oxygen atoms in total. The Balaban J connectivity index is 1.81. The van der Waals surface area contributed by atoms with E-state index in [0.717, 1.165) is 5.56 Å². The number of amides is 2. The third-order valence-corrected chi connectivity index (χ3v) is 5.24. The summed E-state index contributed by atoms with van der Waals surface area (Å²) in [6, 6.07) is 13.2. The molecule has 2 aromatic rings. The van der Waals surface area contributed by atoms with Crippen LogP contribution in [0.25, 0.3) is 0 Å². The van der Waals surface area contributed by atoms with Crippen LogP contribution in [0.3, 0.4) is 0 Å². The molecule has 0 saturated heterocycles. The summed E-state index contributed by atoms with van der Waals surface area (Å²) < 4.78 is 0. The lowest BCUT2D eigenvalue weighted by molar-refractivity contribution is -0.384. The number of likely N-dealkylation sites (N-methyl/N-ethyl adjacent to an activating group) is 1. The quantitative estimate of drug-likeness (QED) is 0.618. The molecule has 2 amide bonds. The minimum absolute atomic E-state index is 0.0220. The molecule has 0 spiro atoms. The predicted molar refractivity (Wildman–Crippen MR) is 111 cm³/mol. The van der Waals surface area contributed by atoms with E-state index >= 15 is 0 Å². The van der Waals surface area contributed by atoms with Gasteiger partial charge in [-0.15, -0.1) is 0 Å². The molecule has 1 heterocycles. The molecular formula is C21H24N4O4. The molecule has 3 rings (SSSR count). The number of nitro groups is 1. The van der Waals surface area contributed by atoms with Crippen LogP contribution in [0, 0.1) is 10.1 Å². The van der Waals surface area contributed by atoms with E-state index in [9.17, 15) is 19.7 Å². The Morgan fingerprint density at radius 2 is 2.03 bits per heavy atom. The van der Waals surface area contributed by atoms with Gasteiger partial charge in [0.15, 0.2) is 0 Å². The van der Waals surface area contributed by atoms with Crippen molar-refractivity contribution in [1.29, 1.82) is 0 Å². The molecule has 2 aromatic carbocycles. The van der Waals surface area contributed by atoms with E-state index in [-0.39, 0.29) is 42.6 Å². The molecule has 0 unspecified atom stereocenters. The van der Waals surface area contributed by atoms with Gasteiger partial charge >= 0.3 is 0 Å². The zero-order valence-corrected chi connectivity index (χ0v) is 16.7. The van der Waals surface area contributed by atoms with Gasteiger partial charge in [-0.3, -0.25) is 24.6 Å². The number of hydrogen-bond donors (Lipinski definition) is 1. The summed E-state index contributed by atoms with van der Waals surface area (Å²) in [7, 11) is 1.80. The van der Waals surface area contributed by atoms with Crippen LogP contribution in [0.1, 0.15) is 31.9 Å². The third-order valence-electron chi connectivity index (χ3n) is 5.24. The largest absolute Gasteiger partial charge is 0.324 e. The average Bonchev–Trinajstić information content (AvgIpc) is 2.81. The van der Waals surface area contributed by atoms with Gasteiger partial charge in [0, 0.05) is 30.6 Å². The average molecular weight is 396 g/mol. The fourth-order valence-electron chi connectivity index (χ4n) is 3.55. The molecule has 0 bridgehead atoms. The Bertz CT molecular complexity index is 946. The second-order valence-corrected chi connectivity index (χ2v) is 7.33. The molecule has 0 radical (unpaired) electrons. The first-order chi connectivity index (χ1) is 13.8. The Hall–Kier alpha value is -3.26. The first-order valence-corrected chi connectivity index (χ1v) is 9.43. The summed E-state index contributed by atoms with van der Waals surface area (Å²) in [5, 5.41) is 13.9. The van der Waals surface area contributed by atoms with Gasteiger partial charge in [0.05, 0.1) is 22.8 Å². The van der Waals surface area contributed by atoms with Crippen LogP contribution >= 0.6 is 0 Å². The Kier molecular flexibility index (Phi) is 5.93. The van der Waals surface area contributed by atoms with Crippen molar-refractivity contribution in [3.63, 3.8) is 0 Å². The van der Waals surface area contributed by atoms with E-state index in [2.05, 4.69) is 5.32 Å². The van der Waals surface area contributed by atoms with Gasteiger partial charge in [-0.2, -0.15) is 0 Å². The summed E-state index contributed by atoms with van der Waals surface area (Å²) >= 11 is 0. The summed E-state index contributed by atoms with van der Waals surface area (Å²) in [4.78, 5) is 39.4. The second kappa shape index (κ2) is 8.40. The van der Waals surface area contributed by atoms with Crippen LogP contribution < -0.4 is 10.2 Å². The van der Waals surface area contributed by atoms with Crippen LogP contribution in [0.15, 0.2) is 48.5 Å². The van der Waals surface area contributed by atoms with Crippen LogP contribution in [0.5, 0.6) is 0 Å². The maximum absolute atomic E-state index is 13.2. The normalized spacial score (nSPS) is 17.3. The molecule has 0 aromatic heterocycles. The van der Waals surface area contributed by atoms with E-state index in [0.29, 0.717) is 11.4 Å². The number of nitro benzene ring substituents is 1. The fraction of sp³-hybridized carbons (Fsp3) is 0.333. The zero-order chi connectivity index (χ0) is 21.1. The first kappa shape index (κ1) is 20.5. The number of nitrogens with one attached hydrogen (secondary N) is 1. The predicted octanol–water partition coefficient (Wildman–Crippen LogP) is 3.35. The lowest BCUT2D eigenvalue weighted by Gasteiger charge is -2.31. The van der Waals surface area contributed by atoms with Crippen molar-refractivity contribution in [2.24, 2.45) is 0 Å². The maximum Gasteiger partial charge on any atom is 0.269 e. The highest BCUT2D eigenvalue weighted by Crippen LogP contribution is 2.32. The first-order valence-electron chi connectivity index (χ1n) is 9.43. The van der Waals surface area contributed by atoms with Gasteiger partial charge in [-0.25, -0.2) is 0 Å². The van der Waals surface area contributed by atoms with E-state index in [1.165, 1.54) is 12.1 Å². The van der Waals surface area contributed by atoms with Gasteiger partial charge in [0.2, 0.25) is 11.8 Å². The molecule has 1 aliphatic rings. The topological polar surface area (TPSA) is 95.8 Å². The van der Waals surface area contributed by atoms with Gasteiger partial charge in [-0.1, -0.05) is 24.3 Å². The number of fused-ring (bicyclic) bond motifs is 1. The van der Waals surface area contributed by atoms with Crippen LogP contribution in [0.2, 0.25) is 0 Å². The molecule has 2 atom stereocenters. The Labute approximate surface area is 169 Å². The lowest BCUT2D eigenvalue weighted by Crippen LogP contribution is -2.44. The van der Waals surface area contributed by atoms with E-state index in [1.807, 2.05) is 43.0 Å². The molecule has 0 saturated carbocycles. The second-order valence-electron chi connectivity index (χ2n) is 7.33. The van der Waals surface area contributed by atoms with E-state index in [4.69, 9.17) is 0 Å². The number of nitrogens with zero attached hydrogens (tertiary/aromatic N) is 3. The van der Waals surface area contributed by atoms with Crippen molar-refractivity contribution in [3.8, 4) is 0 Å². The van der Waals surface area contributed by atoms with Crippen molar-refractivity contribution in [3.05, 3.63) is 64.2 Å². The maximum atomic E-state index is 13.2. The summed E-state index contributed by atoms with van der Waals surface area (Å²) in [6.45, 7) is 3.86. The number of para-hydroxylation sites is 2. The number of non-ortho nitro benzene ring substituents is 1. The zero-order valence-electron chi connectivity index (χ0n) is 16.7. The Morgan fingerprint density at radius 3 is 2.76 bits per heavy atom. The van der Waals surface area contributed by atoms with Gasteiger partial charge in [0.25, 0.3) is 5.69 Å². The number of carbonyl (C=O) groups is 2. The summed E-state index contributed by atoms with van der Waals surface area (Å²) in [6.07, 6.45) is 0.213. The molecule has 29 heavy (non-hydrogen) atoms. The van der Waals surface area contributed by atoms with Crippen molar-refractivity contribution in [2.45, 2.75) is 32.4 Å².